The van der Waals surface area contributed by atoms with Gasteiger partial charge in [-0.1, -0.05) is 6.07 Å². The minimum absolute atomic E-state index is 0.101. The summed E-state index contributed by atoms with van der Waals surface area (Å²) in [6.07, 6.45) is 6.64. The molecule has 1 aromatic rings. The van der Waals surface area contributed by atoms with Crippen LogP contribution in [0.4, 0.5) is 0 Å². The van der Waals surface area contributed by atoms with Crippen LogP contribution in [0.2, 0.25) is 0 Å². The average molecular weight is 273 g/mol. The van der Waals surface area contributed by atoms with E-state index in [0.29, 0.717) is 17.7 Å². The molecule has 1 atom stereocenters. The van der Waals surface area contributed by atoms with Crippen molar-refractivity contribution in [3.05, 3.63) is 29.6 Å². The van der Waals surface area contributed by atoms with Crippen molar-refractivity contribution in [3.63, 3.8) is 0 Å². The molecular weight excluding hydrogens is 250 g/mol. The van der Waals surface area contributed by atoms with Gasteiger partial charge in [0, 0.05) is 25.3 Å². The molecule has 20 heavy (non-hydrogen) atoms. The molecule has 0 radical (unpaired) electrons. The fraction of sp³-hybridized carbons (Fsp3) is 0.625. The third-order valence-electron chi connectivity index (χ3n) is 4.28. The monoisotopic (exact) mass is 273 g/mol. The lowest BCUT2D eigenvalue weighted by molar-refractivity contribution is 0.0727. The minimum atomic E-state index is 0.101. The Morgan fingerprint density at radius 2 is 2.25 bits per heavy atom. The molecule has 0 bridgehead atoms. The Hall–Kier alpha value is -1.42. The van der Waals surface area contributed by atoms with E-state index < -0.39 is 0 Å². The van der Waals surface area contributed by atoms with Gasteiger partial charge in [-0.2, -0.15) is 0 Å². The minimum Gasteiger partial charge on any atom is -0.335 e. The van der Waals surface area contributed by atoms with Crippen molar-refractivity contribution in [3.8, 4) is 0 Å². The van der Waals surface area contributed by atoms with E-state index in [-0.39, 0.29) is 5.91 Å². The highest BCUT2D eigenvalue weighted by Crippen LogP contribution is 2.30. The summed E-state index contributed by atoms with van der Waals surface area (Å²) in [7, 11) is 0. The van der Waals surface area contributed by atoms with Crippen molar-refractivity contribution < 1.29 is 4.79 Å². The highest BCUT2D eigenvalue weighted by atomic mass is 16.2. The maximum absolute atomic E-state index is 12.8. The maximum atomic E-state index is 12.8. The van der Waals surface area contributed by atoms with E-state index in [1.165, 1.54) is 25.7 Å². The number of nitrogens with zero attached hydrogens (tertiary/aromatic N) is 2. The molecule has 108 valence electrons. The summed E-state index contributed by atoms with van der Waals surface area (Å²) < 4.78 is 0. The van der Waals surface area contributed by atoms with Gasteiger partial charge in [-0.3, -0.25) is 9.78 Å². The number of carbonyl (C=O) groups excluding carboxylic acids is 1. The van der Waals surface area contributed by atoms with Crippen LogP contribution >= 0.6 is 0 Å². The Labute approximate surface area is 120 Å². The predicted octanol–water partition coefficient (Wildman–Crippen LogP) is 1.99. The number of nitrogens with one attached hydrogen (secondary N) is 1. The van der Waals surface area contributed by atoms with Gasteiger partial charge in [-0.15, -0.1) is 0 Å². The third kappa shape index (κ3) is 3.18. The van der Waals surface area contributed by atoms with Gasteiger partial charge < -0.3 is 10.2 Å². The number of hydrogen-bond acceptors (Lipinski definition) is 3. The standard InChI is InChI=1S/C16H23N3O/c1-12-4-2-9-18-15(12)16(20)19(10-13-6-7-13)11-14-5-3-8-17-14/h2,4,9,13-14,17H,3,5-8,10-11H2,1H3. The molecule has 2 fully saturated rings. The predicted molar refractivity (Wildman–Crippen MR) is 78.6 cm³/mol. The smallest absolute Gasteiger partial charge is 0.272 e. The Morgan fingerprint density at radius 3 is 2.90 bits per heavy atom. The molecule has 3 rings (SSSR count). The molecule has 1 aliphatic heterocycles. The van der Waals surface area contributed by atoms with Crippen LogP contribution in [0.3, 0.4) is 0 Å². The molecule has 1 aromatic heterocycles. The Kier molecular flexibility index (Phi) is 4.01. The first-order chi connectivity index (χ1) is 9.74. The first-order valence-corrected chi connectivity index (χ1v) is 7.68. The van der Waals surface area contributed by atoms with Crippen LogP contribution in [0, 0.1) is 12.8 Å². The normalized spacial score (nSPS) is 21.9. The van der Waals surface area contributed by atoms with Crippen molar-refractivity contribution in [1.29, 1.82) is 0 Å². The lowest BCUT2D eigenvalue weighted by Crippen LogP contribution is -2.42. The van der Waals surface area contributed by atoms with Crippen LogP contribution in [0.1, 0.15) is 41.7 Å². The highest BCUT2D eigenvalue weighted by molar-refractivity contribution is 5.93. The fourth-order valence-corrected chi connectivity index (χ4v) is 2.89. The van der Waals surface area contributed by atoms with E-state index in [4.69, 9.17) is 0 Å². The second kappa shape index (κ2) is 5.92. The largest absolute Gasteiger partial charge is 0.335 e. The molecule has 4 heteroatoms. The second-order valence-electron chi connectivity index (χ2n) is 6.12. The van der Waals surface area contributed by atoms with Gasteiger partial charge in [0.2, 0.25) is 0 Å². The number of rotatable bonds is 5. The lowest BCUT2D eigenvalue weighted by atomic mass is 10.1. The summed E-state index contributed by atoms with van der Waals surface area (Å²) in [5, 5.41) is 3.49. The number of aryl methyl sites for hydroxylation is 1. The first-order valence-electron chi connectivity index (χ1n) is 7.68. The Balaban J connectivity index is 1.73. The summed E-state index contributed by atoms with van der Waals surface area (Å²) in [6.45, 7) is 4.76. The summed E-state index contributed by atoms with van der Waals surface area (Å²) >= 11 is 0. The molecule has 0 spiro atoms. The number of carbonyl (C=O) groups is 1. The van der Waals surface area contributed by atoms with Gasteiger partial charge in [0.15, 0.2) is 0 Å². The summed E-state index contributed by atoms with van der Waals surface area (Å²) in [6, 6.07) is 4.31. The van der Waals surface area contributed by atoms with Gasteiger partial charge >= 0.3 is 0 Å². The zero-order valence-electron chi connectivity index (χ0n) is 12.1. The number of aromatic nitrogens is 1. The van der Waals surface area contributed by atoms with Gasteiger partial charge in [-0.25, -0.2) is 0 Å². The van der Waals surface area contributed by atoms with Gasteiger partial charge in [0.25, 0.3) is 5.91 Å². The van der Waals surface area contributed by atoms with Crippen molar-refractivity contribution in [1.82, 2.24) is 15.2 Å². The molecule has 2 aliphatic rings. The van der Waals surface area contributed by atoms with E-state index in [2.05, 4.69) is 10.3 Å². The molecule has 4 nitrogen and oxygen atoms in total. The second-order valence-corrected chi connectivity index (χ2v) is 6.12. The molecular formula is C16H23N3O. The summed E-state index contributed by atoms with van der Waals surface area (Å²) in [4.78, 5) is 19.1. The first kappa shape index (κ1) is 13.6. The van der Waals surface area contributed by atoms with Crippen LogP contribution in [0.25, 0.3) is 0 Å². The van der Waals surface area contributed by atoms with Crippen LogP contribution in [-0.2, 0) is 0 Å². The molecule has 1 saturated carbocycles. The van der Waals surface area contributed by atoms with Gasteiger partial charge in [0.05, 0.1) is 0 Å². The fourth-order valence-electron chi connectivity index (χ4n) is 2.89. The van der Waals surface area contributed by atoms with E-state index >= 15 is 0 Å². The molecule has 0 aromatic carbocycles. The van der Waals surface area contributed by atoms with Crippen molar-refractivity contribution >= 4 is 5.91 Å². The van der Waals surface area contributed by atoms with Crippen LogP contribution in [0.5, 0.6) is 0 Å². The number of amides is 1. The molecule has 1 saturated heterocycles. The van der Waals surface area contributed by atoms with Crippen LogP contribution in [-0.4, -0.2) is 41.5 Å². The van der Waals surface area contributed by atoms with Crippen molar-refractivity contribution in [2.45, 2.75) is 38.6 Å². The van der Waals surface area contributed by atoms with E-state index in [0.717, 1.165) is 25.2 Å². The van der Waals surface area contributed by atoms with Crippen molar-refractivity contribution in [2.75, 3.05) is 19.6 Å². The van der Waals surface area contributed by atoms with Gasteiger partial charge in [-0.05, 0) is 56.7 Å². The molecule has 1 unspecified atom stereocenters. The average Bonchev–Trinajstić information content (AvgIpc) is 3.11. The van der Waals surface area contributed by atoms with E-state index in [1.54, 1.807) is 6.20 Å². The topological polar surface area (TPSA) is 45.2 Å². The third-order valence-corrected chi connectivity index (χ3v) is 4.28. The SMILES string of the molecule is Cc1cccnc1C(=O)N(CC1CC1)CC1CCCN1. The Bertz CT molecular complexity index is 478. The van der Waals surface area contributed by atoms with Crippen LogP contribution in [0.15, 0.2) is 18.3 Å². The van der Waals surface area contributed by atoms with Crippen LogP contribution < -0.4 is 5.32 Å². The van der Waals surface area contributed by atoms with E-state index in [1.807, 2.05) is 24.0 Å². The number of pyridine rings is 1. The summed E-state index contributed by atoms with van der Waals surface area (Å²) in [5.74, 6) is 0.813. The van der Waals surface area contributed by atoms with Gasteiger partial charge in [0.1, 0.15) is 5.69 Å². The number of hydrogen-bond donors (Lipinski definition) is 1. The van der Waals surface area contributed by atoms with Crippen molar-refractivity contribution in [2.24, 2.45) is 5.92 Å². The zero-order valence-corrected chi connectivity index (χ0v) is 12.1. The molecule has 1 amide bonds. The lowest BCUT2D eigenvalue weighted by Gasteiger charge is -2.26. The molecule has 1 aliphatic carbocycles. The Morgan fingerprint density at radius 1 is 1.40 bits per heavy atom. The highest BCUT2D eigenvalue weighted by Gasteiger charge is 2.30. The summed E-state index contributed by atoms with van der Waals surface area (Å²) in [5.41, 5.74) is 1.59. The zero-order chi connectivity index (χ0) is 13.9. The molecule has 1 N–H and O–H groups in total. The van der Waals surface area contributed by atoms with E-state index in [9.17, 15) is 4.79 Å². The molecule has 2 heterocycles. The maximum Gasteiger partial charge on any atom is 0.272 e. The quantitative estimate of drug-likeness (QED) is 0.892.